The van der Waals surface area contributed by atoms with E-state index in [1.165, 1.54) is 34.6 Å². The Bertz CT molecular complexity index is 4040. The molecular weight excluding hydrogens is 1590 g/mol. The number of ether oxygens (including phenoxy) is 2. The number of thioether (sulfide) groups is 2. The van der Waals surface area contributed by atoms with Gasteiger partial charge in [-0.3, -0.25) is 69.8 Å². The van der Waals surface area contributed by atoms with E-state index in [1.807, 2.05) is 0 Å². The number of hydrogen-bond donors (Lipinski definition) is 19. The summed E-state index contributed by atoms with van der Waals surface area (Å²) in [6.45, 7) is 2.03. The minimum absolute atomic E-state index is 0.0185. The molecule has 105 heavy (non-hydrogen) atoms. The third kappa shape index (κ3) is 28.8. The normalized spacial score (nSPS) is 22.3. The maximum Gasteiger partial charge on any atom is 0.481 e. The highest BCUT2D eigenvalue weighted by atomic mass is 32.2. The van der Waals surface area contributed by atoms with Crippen LogP contribution in [0.2, 0.25) is 0 Å². The lowest BCUT2D eigenvalue weighted by Crippen LogP contribution is -2.46. The minimum Gasteiger partial charge on any atom is -0.481 e. The molecule has 2 aliphatic rings. The van der Waals surface area contributed by atoms with E-state index in [4.69, 9.17) is 44.1 Å². The van der Waals surface area contributed by atoms with Gasteiger partial charge in [-0.15, -0.1) is 0 Å². The van der Waals surface area contributed by atoms with E-state index in [0.29, 0.717) is 5.75 Å². The van der Waals surface area contributed by atoms with Gasteiger partial charge < -0.3 is 107 Å². The van der Waals surface area contributed by atoms with E-state index in [1.54, 1.807) is 0 Å². The first-order valence-electron chi connectivity index (χ1n) is 29.7. The van der Waals surface area contributed by atoms with E-state index in [0.717, 1.165) is 58.0 Å². The van der Waals surface area contributed by atoms with Gasteiger partial charge in [0.1, 0.15) is 78.9 Å². The number of phosphoric acid groups is 6. The summed E-state index contributed by atoms with van der Waals surface area (Å²) in [5.41, 5.74) is 8.45. The van der Waals surface area contributed by atoms with Crippen LogP contribution in [0.1, 0.15) is 66.3 Å². The van der Waals surface area contributed by atoms with Gasteiger partial charge in [0.25, 0.3) is 0 Å². The van der Waals surface area contributed by atoms with Crippen molar-refractivity contribution in [3.8, 4) is 0 Å². The average molecular weight is 1660 g/mol. The number of anilines is 2. The molecule has 592 valence electrons. The number of nitrogens with two attached hydrogens (primary N) is 2. The molecule has 2 saturated heterocycles. The molecule has 2 fully saturated rings. The third-order valence-corrected chi connectivity index (χ3v) is 21.8. The minimum atomic E-state index is -5.59. The molecule has 0 aliphatic carbocycles. The van der Waals surface area contributed by atoms with Gasteiger partial charge in [-0.2, -0.15) is 8.62 Å². The Morgan fingerprint density at radius 1 is 0.562 bits per heavy atom. The highest BCUT2D eigenvalue weighted by Gasteiger charge is 2.53. The van der Waals surface area contributed by atoms with Crippen molar-refractivity contribution in [1.82, 2.24) is 60.3 Å². The highest BCUT2D eigenvalue weighted by molar-refractivity contribution is 8.13. The molecule has 14 atom stereocenters. The number of amides is 4. The van der Waals surface area contributed by atoms with Crippen LogP contribution in [0.5, 0.6) is 0 Å². The molecule has 6 unspecified atom stereocenters. The Morgan fingerprint density at radius 3 is 1.28 bits per heavy atom. The number of carboxylic acid groups (broad SMARTS) is 1. The second kappa shape index (κ2) is 38.3. The first-order chi connectivity index (χ1) is 48.4. The summed E-state index contributed by atoms with van der Waals surface area (Å²) in [5.74, 6) is -3.88. The smallest absolute Gasteiger partial charge is 0.481 e. The maximum atomic E-state index is 12.6. The SMILES string of the molecule is CC(=O)SCCNC(=O)CCNC(=O)C(O)C(C)(C)COP(=O)(O)OP(=O)(O)OC[C@H]1O[C@@H](n2cnc3c(N)ncnc32)[C@H](O)[C@@H]1OP(=O)(O)O.CC(C)(COP(=O)(O)OP(=O)(O)OC[C@H]1O[C@@H](n2cnc3c(N)ncnc32)[C@H](O)[C@@H]1OP(=O)(O)O)C(O)C(=O)NCCC(=O)NCCSC(=O)CC(=O)O. The van der Waals surface area contributed by atoms with Crippen LogP contribution in [-0.2, 0) is 106 Å². The number of carbonyl (C=O) groups excluding carboxylic acids is 6. The number of nitrogens with one attached hydrogen (secondary N) is 4. The Labute approximate surface area is 600 Å². The molecule has 4 amide bonds. The van der Waals surface area contributed by atoms with Gasteiger partial charge in [0.05, 0.1) is 39.1 Å². The predicted octanol–water partition coefficient (Wildman–Crippen LogP) is -3.18. The number of nitrogens with zero attached hydrogens (tertiary/aromatic N) is 8. The van der Waals surface area contributed by atoms with E-state index in [-0.39, 0.29) is 83.9 Å². The molecule has 6 heterocycles. The first kappa shape index (κ1) is 90.2. The van der Waals surface area contributed by atoms with Gasteiger partial charge in [0.2, 0.25) is 23.6 Å². The number of fused-ring (bicyclic) bond motifs is 2. The number of phosphoric ester groups is 6. The molecule has 50 nitrogen and oxygen atoms in total. The van der Waals surface area contributed by atoms with Crippen molar-refractivity contribution < 1.29 is 171 Å². The Balaban J connectivity index is 0.000000378. The first-order valence-corrected chi connectivity index (χ1v) is 40.7. The Morgan fingerprint density at radius 2 is 0.924 bits per heavy atom. The Kier molecular flexibility index (Phi) is 32.9. The zero-order chi connectivity index (χ0) is 79.0. The topological polar surface area (TPSA) is 765 Å². The van der Waals surface area contributed by atoms with E-state index < -0.39 is 187 Å². The zero-order valence-corrected chi connectivity index (χ0v) is 62.2. The van der Waals surface area contributed by atoms with Crippen LogP contribution in [0.25, 0.3) is 22.3 Å². The van der Waals surface area contributed by atoms with Crippen LogP contribution < -0.4 is 32.7 Å². The number of aromatic nitrogens is 8. The number of aliphatic carboxylic acids is 1. The van der Waals surface area contributed by atoms with Gasteiger partial charge in [-0.05, 0) is 0 Å². The molecule has 0 bridgehead atoms. The Hall–Kier alpha value is -5.41. The standard InChI is InChI=1S/C24H38N7O19P3S.C23H38N7O17P3S/c1-24(2,19(37)22(38)27-4-3-13(32)26-5-6-54-15(35)7-14(33)34)9-47-53(44,45)50-52(42,43)46-8-12-18(49-51(39,40)41)17(36)23(48-12)31-11-30-16-20(25)28-10-29-21(16)31;1-12(31)51-7-6-25-14(32)4-5-26-21(35)18(34)23(2,3)9-44-50(41,42)47-49(39,40)43-8-13-17(46-48(36,37)38)16(33)22(45-13)30-11-29-15-19(24)27-10-28-20(15)30/h10-12,17-19,23,36-37H,3-9H2,1-2H3,(H,26,32)(H,27,38)(H,33,34)(H,42,43)(H,44,45)(H2,25,28,29)(H2,39,40,41);10-11,13,16-18,22,33-34H,4-9H2,1-3H3,(H,25,32)(H,26,35)(H,39,40)(H,41,42)(H2,24,27,28)(H2,36,37,38)/t12-,17-,18-,19?,23-;13-,16-,17-,18?,22-/m11/s1. The summed E-state index contributed by atoms with van der Waals surface area (Å²) >= 11 is 1.74. The van der Waals surface area contributed by atoms with Crippen molar-refractivity contribution in [2.24, 2.45) is 10.8 Å². The van der Waals surface area contributed by atoms with Crippen molar-refractivity contribution in [1.29, 1.82) is 0 Å². The van der Waals surface area contributed by atoms with Crippen molar-refractivity contribution in [3.05, 3.63) is 25.3 Å². The van der Waals surface area contributed by atoms with Gasteiger partial charge in [0, 0.05) is 68.3 Å². The lowest BCUT2D eigenvalue weighted by atomic mass is 9.87. The number of nitrogen functional groups attached to an aromatic ring is 2. The quantitative estimate of drug-likeness (QED) is 0.0119. The number of carboxylic acids is 1. The van der Waals surface area contributed by atoms with Crippen LogP contribution in [0, 0.1) is 10.8 Å². The average Bonchev–Trinajstić information content (AvgIpc) is 1.62. The van der Waals surface area contributed by atoms with E-state index in [9.17, 15) is 121 Å². The monoisotopic (exact) mass is 1660 g/mol. The summed E-state index contributed by atoms with van der Waals surface area (Å²) < 4.78 is 124. The lowest BCUT2D eigenvalue weighted by Gasteiger charge is -2.30. The number of rotatable bonds is 40. The van der Waals surface area contributed by atoms with Crippen molar-refractivity contribution >= 4 is 144 Å². The highest BCUT2D eigenvalue weighted by Crippen LogP contribution is 2.63. The number of aliphatic hydroxyl groups excluding tert-OH is 4. The fraction of sp³-hybridized carbons (Fsp3) is 0.638. The molecule has 0 radical (unpaired) electrons. The van der Waals surface area contributed by atoms with Gasteiger partial charge in [0.15, 0.2) is 45.6 Å². The van der Waals surface area contributed by atoms with Gasteiger partial charge >= 0.3 is 52.9 Å². The molecular formula is C47H76N14O36P6S2. The summed E-state index contributed by atoms with van der Waals surface area (Å²) in [5, 5.41) is 60.1. The number of carbonyl (C=O) groups is 7. The van der Waals surface area contributed by atoms with Crippen LogP contribution >= 0.6 is 70.5 Å². The summed E-state index contributed by atoms with van der Waals surface area (Å²) in [7, 11) is -32.8. The molecule has 0 aromatic carbocycles. The summed E-state index contributed by atoms with van der Waals surface area (Å²) in [6, 6.07) is 0. The van der Waals surface area contributed by atoms with Crippen LogP contribution in [0.4, 0.5) is 11.6 Å². The molecule has 58 heteroatoms. The molecule has 4 aromatic rings. The fourth-order valence-corrected chi connectivity index (χ4v) is 15.6. The maximum absolute atomic E-state index is 12.6. The molecule has 2 aliphatic heterocycles. The van der Waals surface area contributed by atoms with E-state index >= 15 is 0 Å². The molecule has 0 saturated carbocycles. The van der Waals surface area contributed by atoms with Crippen LogP contribution in [0.15, 0.2) is 25.3 Å². The van der Waals surface area contributed by atoms with Gasteiger partial charge in [-0.1, -0.05) is 51.2 Å². The third-order valence-electron chi connectivity index (χ3n) is 13.9. The second-order valence-corrected chi connectivity index (χ2v) is 34.2. The van der Waals surface area contributed by atoms with E-state index in [2.05, 4.69) is 68.8 Å². The fourth-order valence-electron chi connectivity index (χ4n) is 8.79. The largest absolute Gasteiger partial charge is 0.481 e. The number of aliphatic hydroxyl groups is 4. The van der Waals surface area contributed by atoms with Crippen molar-refractivity contribution in [3.63, 3.8) is 0 Å². The van der Waals surface area contributed by atoms with Gasteiger partial charge in [-0.25, -0.2) is 57.3 Å². The molecule has 6 rings (SSSR count). The zero-order valence-electron chi connectivity index (χ0n) is 55.2. The molecule has 4 aromatic heterocycles. The number of imidazole rings is 2. The predicted molar refractivity (Wildman–Crippen MR) is 352 cm³/mol. The van der Waals surface area contributed by atoms with Crippen molar-refractivity contribution in [2.75, 3.05) is 75.6 Å². The lowest BCUT2D eigenvalue weighted by molar-refractivity contribution is -0.139. The van der Waals surface area contributed by atoms with Crippen LogP contribution in [-0.4, -0.2) is 256 Å². The number of hydrogen-bond acceptors (Lipinski definition) is 37. The van der Waals surface area contributed by atoms with Crippen LogP contribution in [0.3, 0.4) is 0 Å². The summed E-state index contributed by atoms with van der Waals surface area (Å²) in [6.07, 6.45) is -14.7. The summed E-state index contributed by atoms with van der Waals surface area (Å²) in [4.78, 5) is 183. The second-order valence-electron chi connectivity index (χ2n) is 23.3. The molecule has 21 N–H and O–H groups in total. The van der Waals surface area contributed by atoms with Crippen molar-refractivity contribution in [2.45, 2.75) is 115 Å². The molecule has 0 spiro atoms.